The summed E-state index contributed by atoms with van der Waals surface area (Å²) in [5.74, 6) is 2.55. The topological polar surface area (TPSA) is 33.3 Å². The molecule has 0 aromatic carbocycles. The summed E-state index contributed by atoms with van der Waals surface area (Å²) in [5, 5.41) is 6.12. The van der Waals surface area contributed by atoms with Crippen LogP contribution in [0.25, 0.3) is 0 Å². The Morgan fingerprint density at radius 1 is 1.77 bits per heavy atom. The van der Waals surface area contributed by atoms with Crippen LogP contribution in [0.5, 0.6) is 0 Å². The molecule has 1 aliphatic rings. The molecule has 0 amide bonds. The number of rotatable bonds is 5. The monoisotopic (exact) mass is 180 g/mol. The second kappa shape index (κ2) is 5.63. The third-order valence-electron chi connectivity index (χ3n) is 1.83. The van der Waals surface area contributed by atoms with Gasteiger partial charge in [0.05, 0.1) is 6.10 Å². The summed E-state index contributed by atoms with van der Waals surface area (Å²) in [6.45, 7) is 3.87. The van der Waals surface area contributed by atoms with E-state index < -0.39 is 0 Å². The highest BCUT2D eigenvalue weighted by molar-refractivity contribution is 4.97. The van der Waals surface area contributed by atoms with Crippen molar-refractivity contribution in [1.82, 2.24) is 10.6 Å². The maximum absolute atomic E-state index is 5.52. The predicted octanol–water partition coefficient (Wildman–Crippen LogP) is 0.447. The van der Waals surface area contributed by atoms with Gasteiger partial charge < -0.3 is 15.4 Å². The van der Waals surface area contributed by atoms with Gasteiger partial charge in [-0.1, -0.05) is 18.9 Å². The van der Waals surface area contributed by atoms with Gasteiger partial charge in [-0.2, -0.15) is 0 Å². The maximum Gasteiger partial charge on any atom is 0.191 e. The molecule has 3 nitrogen and oxygen atoms in total. The third-order valence-corrected chi connectivity index (χ3v) is 1.83. The Kier molecular flexibility index (Phi) is 4.37. The predicted molar refractivity (Wildman–Crippen MR) is 52.9 cm³/mol. The Morgan fingerprint density at radius 3 is 3.00 bits per heavy atom. The van der Waals surface area contributed by atoms with Crippen LogP contribution in [-0.4, -0.2) is 25.4 Å². The second-order valence-electron chi connectivity index (χ2n) is 2.94. The number of allylic oxidation sites excluding steroid dienone is 1. The molecule has 1 unspecified atom stereocenters. The molecule has 0 radical (unpaired) electrons. The SMILES string of the molecule is C#CC(N/C=C\CC)OC1CNC1. The quantitative estimate of drug-likeness (QED) is 0.476. The zero-order valence-electron chi connectivity index (χ0n) is 7.92. The van der Waals surface area contributed by atoms with E-state index in [9.17, 15) is 0 Å². The molecule has 0 aromatic heterocycles. The fourth-order valence-corrected chi connectivity index (χ4v) is 0.951. The summed E-state index contributed by atoms with van der Waals surface area (Å²) >= 11 is 0. The van der Waals surface area contributed by atoms with Crippen molar-refractivity contribution < 1.29 is 4.74 Å². The molecule has 1 saturated heterocycles. The van der Waals surface area contributed by atoms with Crippen LogP contribution in [0.2, 0.25) is 0 Å². The summed E-state index contributed by atoms with van der Waals surface area (Å²) in [7, 11) is 0. The van der Waals surface area contributed by atoms with Crippen molar-refractivity contribution in [3.8, 4) is 12.3 Å². The van der Waals surface area contributed by atoms with Gasteiger partial charge >= 0.3 is 0 Å². The fraction of sp³-hybridized carbons (Fsp3) is 0.600. The molecule has 1 aliphatic heterocycles. The largest absolute Gasteiger partial charge is 0.356 e. The van der Waals surface area contributed by atoms with Crippen LogP contribution >= 0.6 is 0 Å². The first-order valence-electron chi connectivity index (χ1n) is 4.60. The van der Waals surface area contributed by atoms with Gasteiger partial charge in [0.1, 0.15) is 0 Å². The van der Waals surface area contributed by atoms with Gasteiger partial charge in [-0.15, -0.1) is 6.42 Å². The highest BCUT2D eigenvalue weighted by Crippen LogP contribution is 2.00. The molecule has 1 heterocycles. The first kappa shape index (κ1) is 10.1. The van der Waals surface area contributed by atoms with E-state index in [4.69, 9.17) is 11.2 Å². The summed E-state index contributed by atoms with van der Waals surface area (Å²) in [4.78, 5) is 0. The van der Waals surface area contributed by atoms with Crippen LogP contribution in [0.3, 0.4) is 0 Å². The van der Waals surface area contributed by atoms with Gasteiger partial charge in [0.25, 0.3) is 0 Å². The molecule has 0 saturated carbocycles. The number of hydrogen-bond donors (Lipinski definition) is 2. The molecular weight excluding hydrogens is 164 g/mol. The number of hydrogen-bond acceptors (Lipinski definition) is 3. The summed E-state index contributed by atoms with van der Waals surface area (Å²) in [6.07, 6.45) is 10.1. The van der Waals surface area contributed by atoms with Gasteiger partial charge in [0.2, 0.25) is 0 Å². The van der Waals surface area contributed by atoms with Crippen LogP contribution in [0, 0.1) is 12.3 Å². The van der Waals surface area contributed by atoms with Gasteiger partial charge in [-0.25, -0.2) is 0 Å². The van der Waals surface area contributed by atoms with E-state index in [1.54, 1.807) is 0 Å². The van der Waals surface area contributed by atoms with Crippen LogP contribution in [0.1, 0.15) is 13.3 Å². The minimum atomic E-state index is -0.296. The highest BCUT2D eigenvalue weighted by atomic mass is 16.5. The minimum Gasteiger partial charge on any atom is -0.356 e. The van der Waals surface area contributed by atoms with Gasteiger partial charge in [-0.3, -0.25) is 0 Å². The molecule has 1 atom stereocenters. The van der Waals surface area contributed by atoms with Crippen LogP contribution in [0.15, 0.2) is 12.3 Å². The molecule has 3 heteroatoms. The smallest absolute Gasteiger partial charge is 0.191 e. The average molecular weight is 180 g/mol. The minimum absolute atomic E-state index is 0.267. The second-order valence-corrected chi connectivity index (χ2v) is 2.94. The summed E-state index contributed by atoms with van der Waals surface area (Å²) in [6, 6.07) is 0. The van der Waals surface area contributed by atoms with Gasteiger partial charge in [0.15, 0.2) is 6.23 Å². The van der Waals surface area contributed by atoms with E-state index in [1.807, 2.05) is 12.3 Å². The van der Waals surface area contributed by atoms with E-state index in [2.05, 4.69) is 23.5 Å². The van der Waals surface area contributed by atoms with Crippen LogP contribution < -0.4 is 10.6 Å². The first-order valence-corrected chi connectivity index (χ1v) is 4.60. The molecule has 2 N–H and O–H groups in total. The van der Waals surface area contributed by atoms with Crippen molar-refractivity contribution in [3.05, 3.63) is 12.3 Å². The summed E-state index contributed by atoms with van der Waals surface area (Å²) in [5.41, 5.74) is 0. The van der Waals surface area contributed by atoms with Gasteiger partial charge in [0, 0.05) is 13.1 Å². The Labute approximate surface area is 79.5 Å². The molecule has 1 fully saturated rings. The van der Waals surface area contributed by atoms with Crippen molar-refractivity contribution in [2.75, 3.05) is 13.1 Å². The standard InChI is InChI=1S/C10H16N2O/c1-3-5-6-12-10(4-2)13-9-7-11-8-9/h2,5-6,9-12H,3,7-8H2,1H3/b6-5-. The Bertz CT molecular complexity index is 203. The van der Waals surface area contributed by atoms with Crippen molar-refractivity contribution in [1.29, 1.82) is 0 Å². The molecule has 72 valence electrons. The molecule has 0 aromatic rings. The Morgan fingerprint density at radius 2 is 2.54 bits per heavy atom. The van der Waals surface area contributed by atoms with E-state index in [0.717, 1.165) is 19.5 Å². The summed E-state index contributed by atoms with van der Waals surface area (Å²) < 4.78 is 5.52. The van der Waals surface area contributed by atoms with E-state index in [1.165, 1.54) is 0 Å². The molecule has 0 aliphatic carbocycles. The molecule has 0 bridgehead atoms. The third kappa shape index (κ3) is 3.49. The normalized spacial score (nSPS) is 19.4. The lowest BCUT2D eigenvalue weighted by molar-refractivity contribution is -0.0196. The lowest BCUT2D eigenvalue weighted by Gasteiger charge is -2.29. The zero-order chi connectivity index (χ0) is 9.52. The first-order chi connectivity index (χ1) is 6.36. The molecular formula is C10H16N2O. The Hall–Kier alpha value is -0.980. The van der Waals surface area contributed by atoms with Crippen molar-refractivity contribution >= 4 is 0 Å². The highest BCUT2D eigenvalue weighted by Gasteiger charge is 2.20. The van der Waals surface area contributed by atoms with Gasteiger partial charge in [-0.05, 0) is 12.6 Å². The molecule has 1 rings (SSSR count). The van der Waals surface area contributed by atoms with E-state index in [-0.39, 0.29) is 12.3 Å². The van der Waals surface area contributed by atoms with E-state index in [0.29, 0.717) is 0 Å². The van der Waals surface area contributed by atoms with Crippen LogP contribution in [-0.2, 0) is 4.74 Å². The van der Waals surface area contributed by atoms with E-state index >= 15 is 0 Å². The van der Waals surface area contributed by atoms with Crippen LogP contribution in [0.4, 0.5) is 0 Å². The van der Waals surface area contributed by atoms with Crippen molar-refractivity contribution in [2.24, 2.45) is 0 Å². The van der Waals surface area contributed by atoms with Crippen molar-refractivity contribution in [2.45, 2.75) is 25.7 Å². The average Bonchev–Trinajstić information content (AvgIpc) is 2.08. The lowest BCUT2D eigenvalue weighted by atomic mass is 10.2. The molecule has 13 heavy (non-hydrogen) atoms. The number of terminal acetylenes is 1. The number of ether oxygens (including phenoxy) is 1. The zero-order valence-corrected chi connectivity index (χ0v) is 7.92. The molecule has 0 spiro atoms. The lowest BCUT2D eigenvalue weighted by Crippen LogP contribution is -2.51. The van der Waals surface area contributed by atoms with Crippen molar-refractivity contribution in [3.63, 3.8) is 0 Å². The fourth-order valence-electron chi connectivity index (χ4n) is 0.951. The number of nitrogens with one attached hydrogen (secondary N) is 2. The maximum atomic E-state index is 5.52. The Balaban J connectivity index is 2.18.